The van der Waals surface area contributed by atoms with Crippen LogP contribution in [0.1, 0.15) is 47.7 Å². The largest absolute Gasteiger partial charge is 0.447 e. The molecule has 2 heterocycles. The van der Waals surface area contributed by atoms with Gasteiger partial charge in [-0.05, 0) is 17.7 Å². The van der Waals surface area contributed by atoms with Crippen molar-refractivity contribution in [1.29, 1.82) is 0 Å². The first-order valence-corrected chi connectivity index (χ1v) is 7.66. The molecule has 3 rings (SSSR count). The second kappa shape index (κ2) is 6.50. The van der Waals surface area contributed by atoms with E-state index in [0.29, 0.717) is 31.2 Å². The highest BCUT2D eigenvalue weighted by Gasteiger charge is 2.29. The Kier molecular flexibility index (Phi) is 4.43. The van der Waals surface area contributed by atoms with Crippen molar-refractivity contribution in [2.45, 2.75) is 25.9 Å². The third-order valence-electron chi connectivity index (χ3n) is 3.92. The molecule has 0 saturated carbocycles. The molecule has 0 radical (unpaired) electrons. The number of nitrogens with zero attached hydrogens (tertiary/aromatic N) is 2. The van der Waals surface area contributed by atoms with Crippen LogP contribution in [0.25, 0.3) is 0 Å². The van der Waals surface area contributed by atoms with Crippen LogP contribution in [-0.2, 0) is 4.74 Å². The normalized spacial score (nSPS) is 18.4. The number of carbonyl (C=O) groups excluding carboxylic acids is 1. The molecule has 0 unspecified atom stereocenters. The first-order valence-electron chi connectivity index (χ1n) is 7.66. The molecule has 1 aliphatic rings. The molecule has 1 aromatic carbocycles. The van der Waals surface area contributed by atoms with E-state index in [9.17, 15) is 9.18 Å². The minimum atomic E-state index is -0.290. The Bertz CT molecular complexity index is 681. The number of carbonyl (C=O) groups is 1. The van der Waals surface area contributed by atoms with Gasteiger partial charge in [-0.3, -0.25) is 4.79 Å². The van der Waals surface area contributed by atoms with Crippen LogP contribution >= 0.6 is 0 Å². The van der Waals surface area contributed by atoms with E-state index in [0.717, 1.165) is 5.56 Å². The van der Waals surface area contributed by atoms with Crippen molar-refractivity contribution in [3.63, 3.8) is 0 Å². The van der Waals surface area contributed by atoms with E-state index >= 15 is 0 Å². The molecule has 1 atom stereocenters. The molecule has 6 heteroatoms. The second-order valence-electron chi connectivity index (χ2n) is 5.88. The van der Waals surface area contributed by atoms with Gasteiger partial charge >= 0.3 is 0 Å². The van der Waals surface area contributed by atoms with E-state index in [-0.39, 0.29) is 23.7 Å². The van der Waals surface area contributed by atoms with Crippen LogP contribution in [0, 0.1) is 5.82 Å². The fraction of sp³-hybridized carbons (Fsp3) is 0.412. The van der Waals surface area contributed by atoms with Crippen molar-refractivity contribution in [3.05, 3.63) is 53.5 Å². The van der Waals surface area contributed by atoms with Gasteiger partial charge in [-0.15, -0.1) is 0 Å². The number of hydrogen-bond acceptors (Lipinski definition) is 4. The van der Waals surface area contributed by atoms with E-state index in [1.807, 2.05) is 13.8 Å². The fourth-order valence-electron chi connectivity index (χ4n) is 2.69. The Labute approximate surface area is 134 Å². The lowest BCUT2D eigenvalue weighted by Gasteiger charge is -2.33. The van der Waals surface area contributed by atoms with Gasteiger partial charge in [0, 0.05) is 12.5 Å². The van der Waals surface area contributed by atoms with Gasteiger partial charge in [0.2, 0.25) is 0 Å². The van der Waals surface area contributed by atoms with Crippen LogP contribution in [-0.4, -0.2) is 35.5 Å². The van der Waals surface area contributed by atoms with Crippen molar-refractivity contribution in [2.75, 3.05) is 19.7 Å². The minimum absolute atomic E-state index is 0.0883. The topological polar surface area (TPSA) is 55.6 Å². The van der Waals surface area contributed by atoms with Gasteiger partial charge in [-0.1, -0.05) is 26.0 Å². The first-order chi connectivity index (χ1) is 11.1. The van der Waals surface area contributed by atoms with Crippen LogP contribution in [0.5, 0.6) is 0 Å². The van der Waals surface area contributed by atoms with Crippen LogP contribution in [0.3, 0.4) is 0 Å². The summed E-state index contributed by atoms with van der Waals surface area (Å²) >= 11 is 0. The highest BCUT2D eigenvalue weighted by molar-refractivity contribution is 5.93. The van der Waals surface area contributed by atoms with Crippen LogP contribution < -0.4 is 0 Å². The highest BCUT2D eigenvalue weighted by atomic mass is 19.1. The summed E-state index contributed by atoms with van der Waals surface area (Å²) in [5.74, 6) is 0.240. The Morgan fingerprint density at radius 2 is 2.09 bits per heavy atom. The summed E-state index contributed by atoms with van der Waals surface area (Å²) in [7, 11) is 0. The van der Waals surface area contributed by atoms with Crippen molar-refractivity contribution >= 4 is 5.91 Å². The van der Waals surface area contributed by atoms with Gasteiger partial charge in [0.1, 0.15) is 17.7 Å². The molecule has 23 heavy (non-hydrogen) atoms. The third-order valence-corrected chi connectivity index (χ3v) is 3.92. The zero-order valence-electron chi connectivity index (χ0n) is 13.2. The maximum Gasteiger partial charge on any atom is 0.276 e. The van der Waals surface area contributed by atoms with E-state index in [4.69, 9.17) is 9.15 Å². The molecule has 1 saturated heterocycles. The molecule has 1 amide bonds. The van der Waals surface area contributed by atoms with Gasteiger partial charge in [0.25, 0.3) is 5.91 Å². The van der Waals surface area contributed by atoms with Gasteiger partial charge in [-0.25, -0.2) is 9.37 Å². The number of oxazole rings is 1. The molecular weight excluding hydrogens is 299 g/mol. The Balaban J connectivity index is 1.76. The lowest BCUT2D eigenvalue weighted by molar-refractivity contribution is -0.0231. The quantitative estimate of drug-likeness (QED) is 0.872. The van der Waals surface area contributed by atoms with Crippen molar-refractivity contribution in [2.24, 2.45) is 0 Å². The predicted molar refractivity (Wildman–Crippen MR) is 81.6 cm³/mol. The molecule has 2 aromatic rings. The summed E-state index contributed by atoms with van der Waals surface area (Å²) in [5, 5.41) is 0. The maximum atomic E-state index is 13.0. The van der Waals surface area contributed by atoms with Crippen LogP contribution in [0.2, 0.25) is 0 Å². The average Bonchev–Trinajstić information content (AvgIpc) is 3.05. The summed E-state index contributed by atoms with van der Waals surface area (Å²) in [5.41, 5.74) is 1.22. The first kappa shape index (κ1) is 15.7. The van der Waals surface area contributed by atoms with Crippen molar-refractivity contribution in [3.8, 4) is 0 Å². The molecule has 1 aromatic heterocycles. The number of hydrogen-bond donors (Lipinski definition) is 0. The van der Waals surface area contributed by atoms with Crippen molar-refractivity contribution in [1.82, 2.24) is 9.88 Å². The third kappa shape index (κ3) is 3.27. The number of morpholine rings is 1. The molecular formula is C17H19FN2O3. The van der Waals surface area contributed by atoms with Gasteiger partial charge in [0.15, 0.2) is 12.1 Å². The summed E-state index contributed by atoms with van der Waals surface area (Å²) in [6.07, 6.45) is 1.04. The molecule has 122 valence electrons. The van der Waals surface area contributed by atoms with Gasteiger partial charge < -0.3 is 14.1 Å². The monoisotopic (exact) mass is 318 g/mol. The number of aromatic nitrogens is 1. The number of rotatable bonds is 3. The Morgan fingerprint density at radius 3 is 2.78 bits per heavy atom. The highest BCUT2D eigenvalue weighted by Crippen LogP contribution is 2.25. The predicted octanol–water partition coefficient (Wildman–Crippen LogP) is 3.15. The Hall–Kier alpha value is -2.21. The minimum Gasteiger partial charge on any atom is -0.447 e. The summed E-state index contributed by atoms with van der Waals surface area (Å²) in [6, 6.07) is 6.16. The number of benzene rings is 1. The van der Waals surface area contributed by atoms with Gasteiger partial charge in [-0.2, -0.15) is 0 Å². The van der Waals surface area contributed by atoms with E-state index in [2.05, 4.69) is 4.98 Å². The molecule has 0 aliphatic carbocycles. The molecule has 0 bridgehead atoms. The summed E-state index contributed by atoms with van der Waals surface area (Å²) in [6.45, 7) is 5.26. The zero-order valence-corrected chi connectivity index (χ0v) is 13.2. The van der Waals surface area contributed by atoms with Crippen LogP contribution in [0.4, 0.5) is 4.39 Å². The van der Waals surface area contributed by atoms with E-state index < -0.39 is 0 Å². The summed E-state index contributed by atoms with van der Waals surface area (Å²) < 4.78 is 24.1. The average molecular weight is 318 g/mol. The molecule has 0 N–H and O–H groups in total. The lowest BCUT2D eigenvalue weighted by Crippen LogP contribution is -2.42. The second-order valence-corrected chi connectivity index (χ2v) is 5.88. The molecule has 1 fully saturated rings. The Morgan fingerprint density at radius 1 is 1.35 bits per heavy atom. The standard InChI is InChI=1S/C17H19FN2O3/c1-11(2)16-15(19-10-23-16)17(21)20-7-8-22-14(9-20)12-3-5-13(18)6-4-12/h3-6,10-11,14H,7-9H2,1-2H3/t14-/m1/s1. The fourth-order valence-corrected chi connectivity index (χ4v) is 2.69. The van der Waals surface area contributed by atoms with E-state index in [1.165, 1.54) is 18.5 Å². The molecule has 0 spiro atoms. The molecule has 1 aliphatic heterocycles. The lowest BCUT2D eigenvalue weighted by atomic mass is 10.1. The SMILES string of the molecule is CC(C)c1ocnc1C(=O)N1CCO[C@@H](c2ccc(F)cc2)C1. The van der Waals surface area contributed by atoms with Crippen molar-refractivity contribution < 1.29 is 18.3 Å². The van der Waals surface area contributed by atoms with Gasteiger partial charge in [0.05, 0.1) is 13.2 Å². The smallest absolute Gasteiger partial charge is 0.276 e. The summed E-state index contributed by atoms with van der Waals surface area (Å²) in [4.78, 5) is 18.5. The number of amides is 1. The molecule has 5 nitrogen and oxygen atoms in total. The zero-order chi connectivity index (χ0) is 16.4. The number of halogens is 1. The maximum absolute atomic E-state index is 13.0. The van der Waals surface area contributed by atoms with Crippen LogP contribution in [0.15, 0.2) is 35.1 Å². The number of ether oxygens (including phenoxy) is 1. The van der Waals surface area contributed by atoms with E-state index in [1.54, 1.807) is 17.0 Å².